The minimum atomic E-state index is -0.761. The van der Waals surface area contributed by atoms with E-state index in [0.29, 0.717) is 19.3 Å². The molecule has 0 N–H and O–H groups in total. The lowest BCUT2D eigenvalue weighted by atomic mass is 10.0. The predicted octanol–water partition coefficient (Wildman–Crippen LogP) is 16.1. The van der Waals surface area contributed by atoms with Gasteiger partial charge in [0.1, 0.15) is 13.2 Å². The van der Waals surface area contributed by atoms with Crippen LogP contribution < -0.4 is 0 Å². The Morgan fingerprint density at radius 3 is 0.860 bits per heavy atom. The van der Waals surface area contributed by atoms with Crippen LogP contribution in [0.2, 0.25) is 0 Å². The number of hydrogen-bond donors (Lipinski definition) is 0. The number of ether oxygens (including phenoxy) is 3. The van der Waals surface area contributed by atoms with Crippen LogP contribution in [0.3, 0.4) is 0 Å². The summed E-state index contributed by atoms with van der Waals surface area (Å²) in [6.07, 6.45) is 43.7. The average Bonchev–Trinajstić information content (AvgIpc) is 3.18. The summed E-state index contributed by atoms with van der Waals surface area (Å²) >= 11 is 0. The van der Waals surface area contributed by atoms with Crippen molar-refractivity contribution in [1.29, 1.82) is 0 Å². The van der Waals surface area contributed by atoms with Crippen LogP contribution in [0.25, 0.3) is 0 Å². The second-order valence-corrected chi connectivity index (χ2v) is 18.4. The van der Waals surface area contributed by atoms with E-state index in [1.807, 2.05) is 0 Å². The summed E-state index contributed by atoms with van der Waals surface area (Å²) in [7, 11) is 0. The third-order valence-electron chi connectivity index (χ3n) is 11.5. The maximum Gasteiger partial charge on any atom is 0.306 e. The van der Waals surface area contributed by atoms with E-state index in [1.165, 1.54) is 167 Å². The molecule has 57 heavy (non-hydrogen) atoms. The number of unbranched alkanes of at least 4 members (excludes halogenated alkanes) is 30. The molecule has 0 spiro atoms. The molecule has 0 saturated carbocycles. The summed E-state index contributed by atoms with van der Waals surface area (Å²) in [5.74, 6) is 0.800. The highest BCUT2D eigenvalue weighted by Gasteiger charge is 2.19. The second kappa shape index (κ2) is 44.0. The van der Waals surface area contributed by atoms with Crippen molar-refractivity contribution in [3.05, 3.63) is 0 Å². The fraction of sp³-hybridized carbons (Fsp3) is 0.941. The number of hydrogen-bond acceptors (Lipinski definition) is 6. The highest BCUT2D eigenvalue weighted by atomic mass is 16.6. The summed E-state index contributed by atoms with van der Waals surface area (Å²) in [5.41, 5.74) is 0. The molecule has 0 aliphatic rings. The van der Waals surface area contributed by atoms with Gasteiger partial charge >= 0.3 is 17.9 Å². The molecule has 0 aromatic carbocycles. The van der Waals surface area contributed by atoms with Crippen LogP contribution in [-0.2, 0) is 28.6 Å². The van der Waals surface area contributed by atoms with Gasteiger partial charge in [-0.3, -0.25) is 14.4 Å². The van der Waals surface area contributed by atoms with E-state index in [4.69, 9.17) is 14.2 Å². The molecule has 0 aliphatic carbocycles. The van der Waals surface area contributed by atoms with Gasteiger partial charge < -0.3 is 14.2 Å². The third kappa shape index (κ3) is 45.3. The largest absolute Gasteiger partial charge is 0.462 e. The first-order valence-corrected chi connectivity index (χ1v) is 25.2. The van der Waals surface area contributed by atoms with Crippen molar-refractivity contribution in [2.75, 3.05) is 13.2 Å². The molecule has 0 aliphatic heterocycles. The van der Waals surface area contributed by atoms with Gasteiger partial charge in [0.05, 0.1) is 0 Å². The molecule has 0 amide bonds. The van der Waals surface area contributed by atoms with E-state index in [2.05, 4.69) is 34.6 Å². The Kier molecular flexibility index (Phi) is 42.7. The molecule has 0 aromatic rings. The third-order valence-corrected chi connectivity index (χ3v) is 11.5. The summed E-state index contributed by atoms with van der Waals surface area (Å²) in [5, 5.41) is 0. The van der Waals surface area contributed by atoms with Crippen LogP contribution in [0.4, 0.5) is 0 Å². The van der Waals surface area contributed by atoms with Gasteiger partial charge in [0, 0.05) is 19.3 Å². The average molecular weight is 807 g/mol. The Balaban J connectivity index is 4.29. The minimum absolute atomic E-state index is 0.0641. The molecule has 0 heterocycles. The minimum Gasteiger partial charge on any atom is -0.462 e. The molecule has 0 bridgehead atoms. The molecule has 1 atom stereocenters. The van der Waals surface area contributed by atoms with Gasteiger partial charge in [0.25, 0.3) is 0 Å². The van der Waals surface area contributed by atoms with Crippen LogP contribution in [0.5, 0.6) is 0 Å². The van der Waals surface area contributed by atoms with Gasteiger partial charge in [-0.1, -0.05) is 240 Å². The SMILES string of the molecule is CCCCCCCCCCCCC(=O)OC[C@H](COC(=O)CCCCCCCCCCCC(C)C)OC(=O)CCCCCCCCCCCCCCCCC(C)C. The van der Waals surface area contributed by atoms with Gasteiger partial charge in [-0.05, 0) is 31.1 Å². The van der Waals surface area contributed by atoms with Crippen LogP contribution >= 0.6 is 0 Å². The summed E-state index contributed by atoms with van der Waals surface area (Å²) in [6, 6.07) is 0. The van der Waals surface area contributed by atoms with E-state index in [1.54, 1.807) is 0 Å². The highest BCUT2D eigenvalue weighted by Crippen LogP contribution is 2.17. The maximum atomic E-state index is 12.8. The highest BCUT2D eigenvalue weighted by molar-refractivity contribution is 5.71. The summed E-state index contributed by atoms with van der Waals surface area (Å²) < 4.78 is 16.8. The van der Waals surface area contributed by atoms with E-state index in [0.717, 1.165) is 69.6 Å². The molecule has 0 aromatic heterocycles. The Bertz CT molecular complexity index is 870. The zero-order valence-corrected chi connectivity index (χ0v) is 39.0. The second-order valence-electron chi connectivity index (χ2n) is 18.4. The fourth-order valence-corrected chi connectivity index (χ4v) is 7.64. The summed E-state index contributed by atoms with van der Waals surface area (Å²) in [6.45, 7) is 11.3. The molecular formula is C51H98O6. The van der Waals surface area contributed by atoms with Crippen LogP contribution in [0.1, 0.15) is 279 Å². The lowest BCUT2D eigenvalue weighted by molar-refractivity contribution is -0.167. The number of rotatable bonds is 45. The van der Waals surface area contributed by atoms with Crippen LogP contribution in [0, 0.1) is 11.8 Å². The molecular weight excluding hydrogens is 709 g/mol. The predicted molar refractivity (Wildman–Crippen MR) is 243 cm³/mol. The molecule has 0 fully saturated rings. The van der Waals surface area contributed by atoms with Crippen molar-refractivity contribution in [1.82, 2.24) is 0 Å². The van der Waals surface area contributed by atoms with Gasteiger partial charge in [0.2, 0.25) is 0 Å². The zero-order chi connectivity index (χ0) is 41.9. The van der Waals surface area contributed by atoms with Gasteiger partial charge in [-0.15, -0.1) is 0 Å². The van der Waals surface area contributed by atoms with Crippen molar-refractivity contribution in [3.63, 3.8) is 0 Å². The smallest absolute Gasteiger partial charge is 0.306 e. The first-order valence-electron chi connectivity index (χ1n) is 25.2. The Morgan fingerprint density at radius 2 is 0.579 bits per heavy atom. The van der Waals surface area contributed by atoms with Crippen molar-refractivity contribution in [2.24, 2.45) is 11.8 Å². The zero-order valence-electron chi connectivity index (χ0n) is 39.0. The molecule has 6 heteroatoms. The molecule has 0 radical (unpaired) electrons. The van der Waals surface area contributed by atoms with Crippen molar-refractivity contribution in [2.45, 2.75) is 285 Å². The molecule has 0 rings (SSSR count). The van der Waals surface area contributed by atoms with Gasteiger partial charge in [-0.25, -0.2) is 0 Å². The topological polar surface area (TPSA) is 78.9 Å². The first kappa shape index (κ1) is 55.4. The van der Waals surface area contributed by atoms with Crippen molar-refractivity contribution < 1.29 is 28.6 Å². The van der Waals surface area contributed by atoms with Crippen molar-refractivity contribution >= 4 is 17.9 Å². The number of esters is 3. The number of carbonyl (C=O) groups excluding carboxylic acids is 3. The summed E-state index contributed by atoms with van der Waals surface area (Å²) in [4.78, 5) is 37.8. The van der Waals surface area contributed by atoms with E-state index in [9.17, 15) is 14.4 Å². The molecule has 6 nitrogen and oxygen atoms in total. The van der Waals surface area contributed by atoms with Crippen LogP contribution in [-0.4, -0.2) is 37.2 Å². The van der Waals surface area contributed by atoms with E-state index >= 15 is 0 Å². The van der Waals surface area contributed by atoms with Crippen molar-refractivity contribution in [3.8, 4) is 0 Å². The van der Waals surface area contributed by atoms with Gasteiger partial charge in [-0.2, -0.15) is 0 Å². The Labute approximate surface area is 355 Å². The Morgan fingerprint density at radius 1 is 0.333 bits per heavy atom. The van der Waals surface area contributed by atoms with Gasteiger partial charge in [0.15, 0.2) is 6.10 Å². The normalized spacial score (nSPS) is 12.1. The fourth-order valence-electron chi connectivity index (χ4n) is 7.64. The maximum absolute atomic E-state index is 12.8. The monoisotopic (exact) mass is 807 g/mol. The number of carbonyl (C=O) groups is 3. The molecule has 338 valence electrons. The van der Waals surface area contributed by atoms with Crippen LogP contribution in [0.15, 0.2) is 0 Å². The lowest BCUT2D eigenvalue weighted by Crippen LogP contribution is -2.30. The van der Waals surface area contributed by atoms with E-state index < -0.39 is 6.10 Å². The Hall–Kier alpha value is -1.59. The lowest BCUT2D eigenvalue weighted by Gasteiger charge is -2.18. The van der Waals surface area contributed by atoms with E-state index in [-0.39, 0.29) is 31.1 Å². The standard InChI is InChI=1S/C51H98O6/c1-6-7-8-9-10-11-21-26-31-36-41-49(52)55-44-48(45-56-50(53)42-37-32-27-23-18-20-25-30-35-40-47(4)5)57-51(54)43-38-33-28-22-17-15-13-12-14-16-19-24-29-34-39-46(2)3/h46-48H,6-45H2,1-5H3/t48-/m1/s1. The molecule has 0 saturated heterocycles. The quantitative estimate of drug-likeness (QED) is 0.0346. The molecule has 0 unspecified atom stereocenters. The first-order chi connectivity index (χ1) is 27.7.